The van der Waals surface area contributed by atoms with E-state index in [0.717, 1.165) is 12.0 Å². The molecule has 0 saturated carbocycles. The van der Waals surface area contributed by atoms with E-state index in [4.69, 9.17) is 9.47 Å². The Labute approximate surface area is 99.3 Å². The van der Waals surface area contributed by atoms with Crippen LogP contribution in [0.15, 0.2) is 23.8 Å². The number of ether oxygens (including phenoxy) is 2. The zero-order chi connectivity index (χ0) is 12.2. The topological polar surface area (TPSA) is 52.6 Å². The van der Waals surface area contributed by atoms with Crippen LogP contribution >= 0.6 is 0 Å². The van der Waals surface area contributed by atoms with Crippen LogP contribution in [-0.2, 0) is 19.1 Å². The smallest absolute Gasteiger partial charge is 0.330 e. The van der Waals surface area contributed by atoms with Gasteiger partial charge in [-0.2, -0.15) is 0 Å². The molecule has 17 heavy (non-hydrogen) atoms. The second-order valence-corrected chi connectivity index (χ2v) is 4.88. The molecule has 0 N–H and O–H groups in total. The molecular formula is C13H14O4. The summed E-state index contributed by atoms with van der Waals surface area (Å²) in [6.07, 6.45) is 2.17. The van der Waals surface area contributed by atoms with Crippen molar-refractivity contribution in [1.29, 1.82) is 0 Å². The van der Waals surface area contributed by atoms with Gasteiger partial charge in [-0.25, -0.2) is 4.79 Å². The Morgan fingerprint density at radius 2 is 2.29 bits per heavy atom. The third-order valence-corrected chi connectivity index (χ3v) is 4.10. The third-order valence-electron chi connectivity index (χ3n) is 4.10. The highest BCUT2D eigenvalue weighted by molar-refractivity contribution is 5.82. The Bertz CT molecular complexity index is 448. The van der Waals surface area contributed by atoms with Gasteiger partial charge in [0.15, 0.2) is 0 Å². The number of esters is 2. The Kier molecular flexibility index (Phi) is 2.15. The van der Waals surface area contributed by atoms with Crippen molar-refractivity contribution in [2.75, 3.05) is 0 Å². The molecule has 90 valence electrons. The number of fused-ring (bicyclic) bond motifs is 4. The van der Waals surface area contributed by atoms with Crippen molar-refractivity contribution < 1.29 is 19.1 Å². The number of hydrogen-bond donors (Lipinski definition) is 0. The summed E-state index contributed by atoms with van der Waals surface area (Å²) >= 11 is 0. The molecule has 1 aliphatic heterocycles. The molecule has 1 fully saturated rings. The monoisotopic (exact) mass is 234 g/mol. The minimum absolute atomic E-state index is 0.00353. The van der Waals surface area contributed by atoms with E-state index in [1.54, 1.807) is 0 Å². The SMILES string of the molecule is C=CC(=O)OC1CC2C(C)=C1C1CC(=O)OC21. The molecule has 2 bridgehead atoms. The molecule has 0 aromatic rings. The maximum Gasteiger partial charge on any atom is 0.330 e. The van der Waals surface area contributed by atoms with E-state index in [-0.39, 0.29) is 30.0 Å². The summed E-state index contributed by atoms with van der Waals surface area (Å²) < 4.78 is 10.7. The van der Waals surface area contributed by atoms with Crippen LogP contribution in [-0.4, -0.2) is 24.1 Å². The van der Waals surface area contributed by atoms with Gasteiger partial charge in [0.1, 0.15) is 12.2 Å². The molecule has 3 rings (SSSR count). The predicted octanol–water partition coefficient (Wildman–Crippen LogP) is 1.37. The van der Waals surface area contributed by atoms with Crippen molar-refractivity contribution in [3.05, 3.63) is 23.8 Å². The van der Waals surface area contributed by atoms with Crippen LogP contribution in [0, 0.1) is 11.8 Å². The second kappa shape index (κ2) is 3.45. The molecule has 0 spiro atoms. The lowest BCUT2D eigenvalue weighted by atomic mass is 9.84. The van der Waals surface area contributed by atoms with Gasteiger partial charge in [0.2, 0.25) is 0 Å². The van der Waals surface area contributed by atoms with Gasteiger partial charge in [0.25, 0.3) is 0 Å². The maximum absolute atomic E-state index is 11.3. The molecule has 4 nitrogen and oxygen atoms in total. The first-order valence-corrected chi connectivity index (χ1v) is 5.85. The van der Waals surface area contributed by atoms with E-state index in [1.807, 2.05) is 6.92 Å². The molecule has 1 saturated heterocycles. The summed E-state index contributed by atoms with van der Waals surface area (Å²) in [5, 5.41) is 0. The number of carbonyl (C=O) groups is 2. The molecule has 4 atom stereocenters. The van der Waals surface area contributed by atoms with Crippen LogP contribution in [0.3, 0.4) is 0 Å². The molecule has 1 heterocycles. The summed E-state index contributed by atoms with van der Waals surface area (Å²) in [7, 11) is 0. The van der Waals surface area contributed by atoms with E-state index in [1.165, 1.54) is 11.6 Å². The Morgan fingerprint density at radius 1 is 1.53 bits per heavy atom. The Balaban J connectivity index is 1.84. The zero-order valence-corrected chi connectivity index (χ0v) is 9.64. The quantitative estimate of drug-likeness (QED) is 0.411. The lowest BCUT2D eigenvalue weighted by molar-refractivity contribution is -0.146. The van der Waals surface area contributed by atoms with Gasteiger partial charge in [-0.15, -0.1) is 0 Å². The first kappa shape index (κ1) is 10.6. The average Bonchev–Trinajstić information content (AvgIpc) is 2.86. The van der Waals surface area contributed by atoms with Crippen molar-refractivity contribution in [2.45, 2.75) is 32.0 Å². The summed E-state index contributed by atoms with van der Waals surface area (Å²) in [6, 6.07) is 0. The van der Waals surface area contributed by atoms with Crippen LogP contribution in [0.25, 0.3) is 0 Å². The zero-order valence-electron chi connectivity index (χ0n) is 9.64. The average molecular weight is 234 g/mol. The molecule has 0 radical (unpaired) electrons. The molecule has 3 aliphatic rings. The normalized spacial score (nSPS) is 38.1. The van der Waals surface area contributed by atoms with Crippen molar-refractivity contribution >= 4 is 11.9 Å². The number of rotatable bonds is 2. The number of carbonyl (C=O) groups excluding carboxylic acids is 2. The van der Waals surface area contributed by atoms with Crippen molar-refractivity contribution in [1.82, 2.24) is 0 Å². The van der Waals surface area contributed by atoms with Crippen LogP contribution < -0.4 is 0 Å². The van der Waals surface area contributed by atoms with E-state index in [9.17, 15) is 9.59 Å². The van der Waals surface area contributed by atoms with Crippen molar-refractivity contribution in [3.63, 3.8) is 0 Å². The minimum Gasteiger partial charge on any atom is -0.461 e. The van der Waals surface area contributed by atoms with Gasteiger partial charge in [0, 0.05) is 17.9 Å². The lowest BCUT2D eigenvalue weighted by Crippen LogP contribution is -2.33. The Hall–Kier alpha value is -1.58. The highest BCUT2D eigenvalue weighted by Crippen LogP contribution is 2.54. The van der Waals surface area contributed by atoms with Crippen LogP contribution in [0.1, 0.15) is 19.8 Å². The van der Waals surface area contributed by atoms with E-state index >= 15 is 0 Å². The van der Waals surface area contributed by atoms with E-state index < -0.39 is 5.97 Å². The molecule has 2 aliphatic carbocycles. The van der Waals surface area contributed by atoms with Gasteiger partial charge in [-0.05, 0) is 18.9 Å². The molecule has 0 amide bonds. The van der Waals surface area contributed by atoms with Crippen molar-refractivity contribution in [2.24, 2.45) is 11.8 Å². The van der Waals surface area contributed by atoms with Crippen molar-refractivity contribution in [3.8, 4) is 0 Å². The second-order valence-electron chi connectivity index (χ2n) is 4.88. The third kappa shape index (κ3) is 1.36. The molecule has 4 heteroatoms. The van der Waals surface area contributed by atoms with Crippen LogP contribution in [0.5, 0.6) is 0 Å². The van der Waals surface area contributed by atoms with Gasteiger partial charge in [0.05, 0.1) is 6.42 Å². The summed E-state index contributed by atoms with van der Waals surface area (Å²) in [6.45, 7) is 5.44. The largest absolute Gasteiger partial charge is 0.461 e. The predicted molar refractivity (Wildman–Crippen MR) is 58.9 cm³/mol. The molecule has 4 unspecified atom stereocenters. The minimum atomic E-state index is -0.398. The first-order chi connectivity index (χ1) is 8.11. The van der Waals surface area contributed by atoms with Gasteiger partial charge in [-0.3, -0.25) is 4.79 Å². The molecular weight excluding hydrogens is 220 g/mol. The highest BCUT2D eigenvalue weighted by Gasteiger charge is 2.56. The Morgan fingerprint density at radius 3 is 3.00 bits per heavy atom. The fourth-order valence-corrected chi connectivity index (χ4v) is 3.44. The van der Waals surface area contributed by atoms with Gasteiger partial charge < -0.3 is 9.47 Å². The lowest BCUT2D eigenvalue weighted by Gasteiger charge is -2.28. The fourth-order valence-electron chi connectivity index (χ4n) is 3.44. The molecule has 0 aromatic carbocycles. The summed E-state index contributed by atoms with van der Waals surface area (Å²) in [4.78, 5) is 22.5. The highest BCUT2D eigenvalue weighted by atomic mass is 16.6. The maximum atomic E-state index is 11.3. The van der Waals surface area contributed by atoms with Crippen LogP contribution in [0.2, 0.25) is 0 Å². The molecule has 0 aromatic heterocycles. The standard InChI is InChI=1S/C13H14O4/c1-3-10(14)16-9-4-7-6(2)12(9)8-5-11(15)17-13(7)8/h3,7-9,13H,1,4-5H2,2H3. The van der Waals surface area contributed by atoms with Crippen LogP contribution in [0.4, 0.5) is 0 Å². The summed E-state index contributed by atoms with van der Waals surface area (Å²) in [5.74, 6) is -0.164. The number of hydrogen-bond acceptors (Lipinski definition) is 4. The van der Waals surface area contributed by atoms with E-state index in [2.05, 4.69) is 6.58 Å². The fraction of sp³-hybridized carbons (Fsp3) is 0.538. The summed E-state index contributed by atoms with van der Waals surface area (Å²) in [5.41, 5.74) is 2.36. The van der Waals surface area contributed by atoms with E-state index in [0.29, 0.717) is 6.42 Å². The first-order valence-electron chi connectivity index (χ1n) is 5.85. The van der Waals surface area contributed by atoms with Gasteiger partial charge in [-0.1, -0.05) is 12.2 Å². The van der Waals surface area contributed by atoms with Gasteiger partial charge >= 0.3 is 11.9 Å².